The summed E-state index contributed by atoms with van der Waals surface area (Å²) < 4.78 is 3.08. The summed E-state index contributed by atoms with van der Waals surface area (Å²) >= 11 is 1.72. The first-order valence-electron chi connectivity index (χ1n) is 9.94. The van der Waals surface area contributed by atoms with E-state index in [-0.39, 0.29) is 5.91 Å². The van der Waals surface area contributed by atoms with Gasteiger partial charge in [-0.25, -0.2) is 4.98 Å². The number of nitrogens with one attached hydrogen (secondary N) is 2. The number of benzene rings is 2. The molecule has 150 valence electrons. The number of carbonyl (C=O) groups excluding carboxylic acids is 1. The van der Waals surface area contributed by atoms with Gasteiger partial charge in [0.1, 0.15) is 11.5 Å². The maximum absolute atomic E-state index is 12.9. The van der Waals surface area contributed by atoms with Crippen LogP contribution in [0.3, 0.4) is 0 Å². The first-order chi connectivity index (χ1) is 15.2. The van der Waals surface area contributed by atoms with Crippen LogP contribution in [0, 0.1) is 0 Å². The van der Waals surface area contributed by atoms with Gasteiger partial charge in [-0.1, -0.05) is 30.4 Å². The van der Waals surface area contributed by atoms with Gasteiger partial charge in [-0.2, -0.15) is 5.10 Å². The van der Waals surface area contributed by atoms with Crippen LogP contribution >= 0.6 is 11.3 Å². The molecular formula is C24H17N5OS. The molecule has 3 aromatic heterocycles. The number of aromatic amines is 1. The van der Waals surface area contributed by atoms with E-state index in [9.17, 15) is 4.79 Å². The summed E-state index contributed by atoms with van der Waals surface area (Å²) in [5, 5.41) is 12.5. The second-order valence-corrected chi connectivity index (χ2v) is 8.46. The Kier molecular flexibility index (Phi) is 4.07. The van der Waals surface area contributed by atoms with E-state index in [1.165, 1.54) is 10.1 Å². The Morgan fingerprint density at radius 1 is 1.13 bits per heavy atom. The number of aromatic nitrogens is 4. The first-order valence-corrected chi connectivity index (χ1v) is 10.8. The normalized spacial score (nSPS) is 12.9. The van der Waals surface area contributed by atoms with Crippen LogP contribution in [0.4, 0.5) is 5.69 Å². The van der Waals surface area contributed by atoms with Crippen LogP contribution in [-0.2, 0) is 0 Å². The fourth-order valence-electron chi connectivity index (χ4n) is 3.82. The van der Waals surface area contributed by atoms with Gasteiger partial charge in [0.15, 0.2) is 0 Å². The third-order valence-electron chi connectivity index (χ3n) is 5.30. The van der Waals surface area contributed by atoms with Crippen molar-refractivity contribution in [1.82, 2.24) is 19.7 Å². The van der Waals surface area contributed by atoms with Crippen LogP contribution in [0.1, 0.15) is 22.7 Å². The molecule has 0 spiro atoms. The largest absolute Gasteiger partial charge is 0.321 e. The average Bonchev–Trinajstić information content (AvgIpc) is 3.48. The van der Waals surface area contributed by atoms with Crippen LogP contribution in [0.25, 0.3) is 43.7 Å². The molecule has 2 N–H and O–H groups in total. The number of nitrogens with zero attached hydrogens (tertiary/aromatic N) is 3. The summed E-state index contributed by atoms with van der Waals surface area (Å²) in [5.41, 5.74) is 3.05. The SMILES string of the molecule is O=C(Nc1cc(-c2cc3ccccc3s2)c2[nH]ncc2c1)c1cn2c(n1)C=CCC=C2. The summed E-state index contributed by atoms with van der Waals surface area (Å²) in [5.74, 6) is 0.502. The van der Waals surface area contributed by atoms with Gasteiger partial charge in [0, 0.05) is 38.6 Å². The van der Waals surface area contributed by atoms with E-state index >= 15 is 0 Å². The number of imidazole rings is 1. The Morgan fingerprint density at radius 3 is 3.00 bits per heavy atom. The summed E-state index contributed by atoms with van der Waals surface area (Å²) in [6, 6.07) is 14.4. The van der Waals surface area contributed by atoms with Crippen molar-refractivity contribution in [3.8, 4) is 10.4 Å². The van der Waals surface area contributed by atoms with Gasteiger partial charge in [-0.05, 0) is 42.1 Å². The lowest BCUT2D eigenvalue weighted by molar-refractivity contribution is 0.102. The summed E-state index contributed by atoms with van der Waals surface area (Å²) in [7, 11) is 0. The molecule has 1 aliphatic heterocycles. The Balaban J connectivity index is 1.38. The Labute approximate surface area is 181 Å². The number of hydrogen-bond acceptors (Lipinski definition) is 4. The van der Waals surface area contributed by atoms with Crippen molar-refractivity contribution >= 4 is 56.2 Å². The van der Waals surface area contributed by atoms with E-state index in [1.807, 2.05) is 53.3 Å². The molecule has 0 atom stereocenters. The zero-order valence-corrected chi connectivity index (χ0v) is 17.2. The van der Waals surface area contributed by atoms with Crippen LogP contribution in [0.15, 0.2) is 67.0 Å². The highest BCUT2D eigenvalue weighted by molar-refractivity contribution is 7.22. The lowest BCUT2D eigenvalue weighted by Crippen LogP contribution is -2.12. The zero-order valence-electron chi connectivity index (χ0n) is 16.4. The lowest BCUT2D eigenvalue weighted by Gasteiger charge is -2.07. The molecular weight excluding hydrogens is 406 g/mol. The van der Waals surface area contributed by atoms with Crippen LogP contribution in [0.5, 0.6) is 0 Å². The molecule has 1 amide bonds. The van der Waals surface area contributed by atoms with Gasteiger partial charge in [0.2, 0.25) is 0 Å². The number of H-pyrrole nitrogens is 1. The summed E-state index contributed by atoms with van der Waals surface area (Å²) in [4.78, 5) is 18.5. The molecule has 4 heterocycles. The van der Waals surface area contributed by atoms with Crippen LogP contribution in [0.2, 0.25) is 0 Å². The summed E-state index contributed by atoms with van der Waals surface area (Å²) in [6.45, 7) is 0. The quantitative estimate of drug-likeness (QED) is 0.386. The molecule has 0 saturated carbocycles. The molecule has 0 saturated heterocycles. The highest BCUT2D eigenvalue weighted by Crippen LogP contribution is 2.38. The molecule has 0 bridgehead atoms. The standard InChI is InChI=1S/C24H17N5OS/c30-24(19-14-29-9-5-1-2-8-22(29)27-19)26-17-10-16-13-25-28-23(16)18(12-17)21-11-15-6-3-4-7-20(15)31-21/h2-14H,1H2,(H,25,28)(H,26,30). The van der Waals surface area contributed by atoms with E-state index in [2.05, 4.69) is 38.7 Å². The lowest BCUT2D eigenvalue weighted by atomic mass is 10.1. The van der Waals surface area contributed by atoms with E-state index in [1.54, 1.807) is 23.7 Å². The smallest absolute Gasteiger partial charge is 0.275 e. The Morgan fingerprint density at radius 2 is 2.06 bits per heavy atom. The van der Waals surface area contributed by atoms with Crippen molar-refractivity contribution in [2.75, 3.05) is 5.32 Å². The third kappa shape index (κ3) is 3.15. The minimum absolute atomic E-state index is 0.243. The number of allylic oxidation sites excluding steroid dienone is 2. The number of fused-ring (bicyclic) bond motifs is 3. The van der Waals surface area contributed by atoms with Crippen molar-refractivity contribution in [2.45, 2.75) is 6.42 Å². The molecule has 7 heteroatoms. The van der Waals surface area contributed by atoms with Gasteiger partial charge < -0.3 is 9.88 Å². The van der Waals surface area contributed by atoms with E-state index in [4.69, 9.17) is 0 Å². The van der Waals surface area contributed by atoms with Crippen molar-refractivity contribution in [1.29, 1.82) is 0 Å². The number of carbonyl (C=O) groups is 1. The van der Waals surface area contributed by atoms with Gasteiger partial charge in [-0.15, -0.1) is 11.3 Å². The molecule has 6 nitrogen and oxygen atoms in total. The number of rotatable bonds is 3. The minimum Gasteiger partial charge on any atom is -0.321 e. The fourth-order valence-corrected chi connectivity index (χ4v) is 4.91. The van der Waals surface area contributed by atoms with E-state index in [0.29, 0.717) is 11.4 Å². The number of amides is 1. The predicted molar refractivity (Wildman–Crippen MR) is 126 cm³/mol. The monoisotopic (exact) mass is 423 g/mol. The molecule has 2 aromatic carbocycles. The molecule has 0 fully saturated rings. The van der Waals surface area contributed by atoms with Gasteiger partial charge >= 0.3 is 0 Å². The number of anilines is 1. The maximum atomic E-state index is 12.9. The summed E-state index contributed by atoms with van der Waals surface area (Å²) in [6.07, 6.45) is 12.3. The van der Waals surface area contributed by atoms with Crippen molar-refractivity contribution < 1.29 is 4.79 Å². The topological polar surface area (TPSA) is 75.6 Å². The second kappa shape index (κ2) is 7.07. The molecule has 1 aliphatic rings. The highest BCUT2D eigenvalue weighted by atomic mass is 32.1. The van der Waals surface area contributed by atoms with Crippen molar-refractivity contribution in [2.24, 2.45) is 0 Å². The molecule has 0 aliphatic carbocycles. The molecule has 5 aromatic rings. The van der Waals surface area contributed by atoms with Gasteiger partial charge in [0.25, 0.3) is 5.91 Å². The number of hydrogen-bond donors (Lipinski definition) is 2. The Bertz CT molecular complexity index is 1460. The van der Waals surface area contributed by atoms with Crippen molar-refractivity contribution in [3.05, 3.63) is 78.5 Å². The Hall–Kier alpha value is -3.97. The maximum Gasteiger partial charge on any atom is 0.275 e. The second-order valence-electron chi connectivity index (χ2n) is 7.38. The van der Waals surface area contributed by atoms with Gasteiger partial charge in [-0.3, -0.25) is 9.89 Å². The van der Waals surface area contributed by atoms with Crippen LogP contribution < -0.4 is 5.32 Å². The fraction of sp³-hybridized carbons (Fsp3) is 0.0417. The van der Waals surface area contributed by atoms with Gasteiger partial charge in [0.05, 0.1) is 11.7 Å². The first kappa shape index (κ1) is 17.9. The van der Waals surface area contributed by atoms with Crippen LogP contribution in [-0.4, -0.2) is 25.7 Å². The minimum atomic E-state index is -0.243. The zero-order chi connectivity index (χ0) is 20.8. The van der Waals surface area contributed by atoms with E-state index < -0.39 is 0 Å². The molecule has 0 unspecified atom stereocenters. The third-order valence-corrected chi connectivity index (χ3v) is 6.45. The average molecular weight is 424 g/mol. The molecule has 6 rings (SSSR count). The molecule has 0 radical (unpaired) electrons. The number of thiophene rings is 1. The molecule has 31 heavy (non-hydrogen) atoms. The van der Waals surface area contributed by atoms with Crippen molar-refractivity contribution in [3.63, 3.8) is 0 Å². The highest BCUT2D eigenvalue weighted by Gasteiger charge is 2.16. The van der Waals surface area contributed by atoms with E-state index in [0.717, 1.165) is 33.6 Å². The predicted octanol–water partition coefficient (Wildman–Crippen LogP) is 5.78.